The minimum absolute atomic E-state index is 1.14. The van der Waals surface area contributed by atoms with Crippen LogP contribution in [0.2, 0.25) is 0 Å². The molecule has 216 valence electrons. The first kappa shape index (κ1) is 26.7. The van der Waals surface area contributed by atoms with Crippen LogP contribution in [0.25, 0.3) is 64.0 Å². The van der Waals surface area contributed by atoms with E-state index in [4.69, 9.17) is 0 Å². The smallest absolute Gasteiger partial charge is 0.0546 e. The number of nitrogens with zero attached hydrogens (tertiary/aromatic N) is 1. The van der Waals surface area contributed by atoms with Gasteiger partial charge >= 0.3 is 0 Å². The van der Waals surface area contributed by atoms with Gasteiger partial charge in [0.2, 0.25) is 0 Å². The van der Waals surface area contributed by atoms with Crippen LogP contribution < -0.4 is 4.90 Å². The summed E-state index contributed by atoms with van der Waals surface area (Å²) < 4.78 is 2.62. The summed E-state index contributed by atoms with van der Waals surface area (Å²) in [4.78, 5) is 2.45. The first-order valence-electron chi connectivity index (χ1n) is 15.7. The van der Waals surface area contributed by atoms with Gasteiger partial charge in [-0.2, -0.15) is 0 Å². The highest BCUT2D eigenvalue weighted by Crippen LogP contribution is 2.45. The number of hydrogen-bond acceptors (Lipinski definition) is 2. The summed E-state index contributed by atoms with van der Waals surface area (Å²) >= 11 is 1.86. The van der Waals surface area contributed by atoms with Gasteiger partial charge in [0.05, 0.1) is 5.69 Å². The number of thiophene rings is 1. The number of fused-ring (bicyclic) bond motifs is 5. The Labute approximate surface area is 272 Å². The second-order valence-corrected chi connectivity index (χ2v) is 12.9. The van der Waals surface area contributed by atoms with Crippen molar-refractivity contribution in [1.29, 1.82) is 0 Å². The number of rotatable bonds is 5. The van der Waals surface area contributed by atoms with E-state index in [-0.39, 0.29) is 0 Å². The maximum absolute atomic E-state index is 2.45. The van der Waals surface area contributed by atoms with Crippen LogP contribution in [0.3, 0.4) is 0 Å². The first-order chi connectivity index (χ1) is 22.8. The van der Waals surface area contributed by atoms with Crippen LogP contribution in [0.5, 0.6) is 0 Å². The first-order valence-corrected chi connectivity index (χ1v) is 16.5. The number of benzene rings is 8. The third-order valence-corrected chi connectivity index (χ3v) is 10.2. The molecule has 0 N–H and O–H groups in total. The highest BCUT2D eigenvalue weighted by Gasteiger charge is 2.19. The van der Waals surface area contributed by atoms with E-state index in [2.05, 4.69) is 181 Å². The second kappa shape index (κ2) is 11.0. The largest absolute Gasteiger partial charge is 0.310 e. The zero-order valence-corrected chi connectivity index (χ0v) is 25.9. The van der Waals surface area contributed by atoms with Crippen molar-refractivity contribution in [2.45, 2.75) is 0 Å². The Hall–Kier alpha value is -5.70. The third kappa shape index (κ3) is 4.54. The molecule has 1 nitrogen and oxygen atoms in total. The Bertz CT molecular complexity index is 2520. The molecule has 0 bridgehead atoms. The molecule has 0 atom stereocenters. The molecule has 8 aromatic carbocycles. The summed E-state index contributed by atoms with van der Waals surface area (Å²) in [5.41, 5.74) is 8.32. The molecule has 0 unspecified atom stereocenters. The lowest BCUT2D eigenvalue weighted by Gasteiger charge is -2.28. The molecule has 1 aromatic heterocycles. The van der Waals surface area contributed by atoms with Gasteiger partial charge in [0, 0.05) is 36.9 Å². The highest BCUT2D eigenvalue weighted by molar-refractivity contribution is 7.25. The van der Waals surface area contributed by atoms with Crippen molar-refractivity contribution in [3.8, 4) is 22.3 Å². The van der Waals surface area contributed by atoms with Crippen molar-refractivity contribution in [3.05, 3.63) is 176 Å². The quantitative estimate of drug-likeness (QED) is 0.189. The van der Waals surface area contributed by atoms with Crippen LogP contribution in [-0.4, -0.2) is 0 Å². The van der Waals surface area contributed by atoms with E-state index in [0.29, 0.717) is 0 Å². The van der Waals surface area contributed by atoms with Gasteiger partial charge in [-0.05, 0) is 80.9 Å². The lowest BCUT2D eigenvalue weighted by Crippen LogP contribution is -2.10. The molecule has 0 fully saturated rings. The van der Waals surface area contributed by atoms with Gasteiger partial charge in [-0.3, -0.25) is 0 Å². The van der Waals surface area contributed by atoms with Gasteiger partial charge < -0.3 is 4.90 Å². The van der Waals surface area contributed by atoms with Crippen molar-refractivity contribution in [2.75, 3.05) is 4.90 Å². The van der Waals surface area contributed by atoms with Gasteiger partial charge in [-0.15, -0.1) is 11.3 Å². The van der Waals surface area contributed by atoms with E-state index < -0.39 is 0 Å². The average molecular weight is 604 g/mol. The molecule has 9 aromatic rings. The fraction of sp³-hybridized carbons (Fsp3) is 0. The molecule has 0 aliphatic heterocycles. The van der Waals surface area contributed by atoms with E-state index in [1.165, 1.54) is 64.0 Å². The molecule has 0 aliphatic rings. The van der Waals surface area contributed by atoms with E-state index >= 15 is 0 Å². The summed E-state index contributed by atoms with van der Waals surface area (Å²) in [7, 11) is 0. The predicted molar refractivity (Wildman–Crippen MR) is 200 cm³/mol. The van der Waals surface area contributed by atoms with Crippen LogP contribution in [0.1, 0.15) is 0 Å². The van der Waals surface area contributed by atoms with Crippen LogP contribution in [0.15, 0.2) is 176 Å². The molecule has 46 heavy (non-hydrogen) atoms. The molecule has 0 saturated heterocycles. The van der Waals surface area contributed by atoms with E-state index in [9.17, 15) is 0 Å². The van der Waals surface area contributed by atoms with Crippen LogP contribution in [-0.2, 0) is 0 Å². The van der Waals surface area contributed by atoms with Gasteiger partial charge in [0.1, 0.15) is 0 Å². The molecule has 0 saturated carbocycles. The fourth-order valence-corrected chi connectivity index (χ4v) is 7.90. The Balaban J connectivity index is 1.28. The van der Waals surface area contributed by atoms with Gasteiger partial charge in [-0.25, -0.2) is 0 Å². The second-order valence-electron chi connectivity index (χ2n) is 11.8. The molecule has 0 aliphatic carbocycles. The monoisotopic (exact) mass is 603 g/mol. The topological polar surface area (TPSA) is 3.24 Å². The van der Waals surface area contributed by atoms with Gasteiger partial charge in [-0.1, -0.05) is 133 Å². The molecular formula is C44H29NS. The summed E-state index contributed by atoms with van der Waals surface area (Å²) in [5.74, 6) is 0. The molecule has 2 heteroatoms. The lowest BCUT2D eigenvalue weighted by atomic mass is 9.94. The van der Waals surface area contributed by atoms with Crippen molar-refractivity contribution in [1.82, 2.24) is 0 Å². The molecule has 0 amide bonds. The van der Waals surface area contributed by atoms with E-state index in [0.717, 1.165) is 17.1 Å². The molecular weight excluding hydrogens is 575 g/mol. The van der Waals surface area contributed by atoms with Crippen LogP contribution >= 0.6 is 11.3 Å². The summed E-state index contributed by atoms with van der Waals surface area (Å²) in [6.07, 6.45) is 0. The maximum atomic E-state index is 2.45. The van der Waals surface area contributed by atoms with Crippen LogP contribution in [0.4, 0.5) is 17.1 Å². The third-order valence-electron chi connectivity index (χ3n) is 9.04. The Kier molecular flexibility index (Phi) is 6.40. The molecule has 9 rings (SSSR count). The van der Waals surface area contributed by atoms with Crippen molar-refractivity contribution >= 4 is 70.1 Å². The number of hydrogen-bond donors (Lipinski definition) is 0. The standard InChI is InChI=1S/C44H29NS/c1-2-10-30(11-3-1)32-20-22-33(23-21-32)38-17-8-14-34-15-9-18-41(44(34)38)45(36-25-24-31-12-4-5-13-35(31)28-36)37-26-27-43-40(29-37)39-16-6-7-19-42(39)46-43/h1-29H. The predicted octanol–water partition coefficient (Wildman–Crippen LogP) is 13.2. The lowest BCUT2D eigenvalue weighted by molar-refractivity contribution is 1.31. The summed E-state index contributed by atoms with van der Waals surface area (Å²) in [6.45, 7) is 0. The fourth-order valence-electron chi connectivity index (χ4n) is 6.82. The van der Waals surface area contributed by atoms with Gasteiger partial charge in [0.15, 0.2) is 0 Å². The highest BCUT2D eigenvalue weighted by atomic mass is 32.1. The van der Waals surface area contributed by atoms with Crippen molar-refractivity contribution < 1.29 is 0 Å². The minimum Gasteiger partial charge on any atom is -0.310 e. The van der Waals surface area contributed by atoms with Crippen LogP contribution in [0, 0.1) is 0 Å². The molecule has 0 spiro atoms. The average Bonchev–Trinajstić information content (AvgIpc) is 3.50. The molecule has 0 radical (unpaired) electrons. The van der Waals surface area contributed by atoms with Gasteiger partial charge in [0.25, 0.3) is 0 Å². The van der Waals surface area contributed by atoms with E-state index in [1.54, 1.807) is 0 Å². The number of anilines is 3. The summed E-state index contributed by atoms with van der Waals surface area (Å²) in [5, 5.41) is 7.52. The Morgan fingerprint density at radius 1 is 0.370 bits per heavy atom. The van der Waals surface area contributed by atoms with Crippen molar-refractivity contribution in [3.63, 3.8) is 0 Å². The summed E-state index contributed by atoms with van der Waals surface area (Å²) in [6, 6.07) is 64.1. The normalized spacial score (nSPS) is 11.5. The minimum atomic E-state index is 1.14. The van der Waals surface area contributed by atoms with E-state index in [1.807, 2.05) is 11.3 Å². The maximum Gasteiger partial charge on any atom is 0.0546 e. The zero-order valence-electron chi connectivity index (χ0n) is 25.1. The Morgan fingerprint density at radius 2 is 1.00 bits per heavy atom. The Morgan fingerprint density at radius 3 is 1.87 bits per heavy atom. The SMILES string of the molecule is c1ccc(-c2ccc(-c3cccc4cccc(N(c5ccc6ccccc6c5)c5ccc6sc7ccccc7c6c5)c34)cc2)cc1. The zero-order chi connectivity index (χ0) is 30.5. The molecule has 1 heterocycles. The van der Waals surface area contributed by atoms with Crippen molar-refractivity contribution in [2.24, 2.45) is 0 Å².